The van der Waals surface area contributed by atoms with E-state index in [1.807, 2.05) is 26.8 Å². The van der Waals surface area contributed by atoms with Gasteiger partial charge in [-0.05, 0) is 65.9 Å². The number of pyridine rings is 1. The molecule has 1 unspecified atom stereocenters. The molecule has 0 spiro atoms. The molecule has 1 atom stereocenters. The monoisotopic (exact) mass is 619 g/mol. The predicted octanol–water partition coefficient (Wildman–Crippen LogP) is 6.84. The number of aromatic nitrogens is 2. The molecule has 0 aliphatic heterocycles. The van der Waals surface area contributed by atoms with Crippen LogP contribution in [0.4, 0.5) is 4.79 Å². The molecule has 1 aliphatic carbocycles. The molecule has 0 radical (unpaired) electrons. The first-order chi connectivity index (χ1) is 19.6. The zero-order valence-electron chi connectivity index (χ0n) is 26.9. The molecule has 0 bridgehead atoms. The molecule has 1 fully saturated rings. The van der Waals surface area contributed by atoms with Gasteiger partial charge >= 0.3 is 6.09 Å². The molecule has 42 heavy (non-hydrogen) atoms. The molecule has 1 N–H and O–H groups in total. The van der Waals surface area contributed by atoms with E-state index in [1.165, 1.54) is 0 Å². The average Bonchev–Trinajstić information content (AvgIpc) is 3.33. The summed E-state index contributed by atoms with van der Waals surface area (Å²) in [4.78, 5) is 31.3. The van der Waals surface area contributed by atoms with Crippen molar-refractivity contribution in [2.24, 2.45) is 17.3 Å². The van der Waals surface area contributed by atoms with Crippen LogP contribution in [0.1, 0.15) is 98.4 Å². The van der Waals surface area contributed by atoms with E-state index in [4.69, 9.17) is 14.5 Å². The van der Waals surface area contributed by atoms with Gasteiger partial charge in [0.05, 0.1) is 18.9 Å². The Hall–Kier alpha value is -2.66. The quantitative estimate of drug-likeness (QED) is 0.176. The van der Waals surface area contributed by atoms with Crippen LogP contribution in [-0.4, -0.2) is 56.5 Å². The second kappa shape index (κ2) is 13.3. The Bertz CT molecular complexity index is 1390. The van der Waals surface area contributed by atoms with E-state index >= 15 is 0 Å². The highest BCUT2D eigenvalue weighted by molar-refractivity contribution is 7.71. The second-order valence-electron chi connectivity index (χ2n) is 13.7. The molecule has 2 heterocycles. The van der Waals surface area contributed by atoms with Crippen molar-refractivity contribution in [3.8, 4) is 5.75 Å². The summed E-state index contributed by atoms with van der Waals surface area (Å²) < 4.78 is 35.4. The Morgan fingerprint density at radius 3 is 2.10 bits per heavy atom. The zero-order valence-corrected chi connectivity index (χ0v) is 28.7. The third kappa shape index (κ3) is 6.61. The normalized spacial score (nSPS) is 18.8. The van der Waals surface area contributed by atoms with Gasteiger partial charge in [-0.25, -0.2) is 9.78 Å². The van der Waals surface area contributed by atoms with Gasteiger partial charge in [-0.3, -0.25) is 10.1 Å². The Morgan fingerprint density at radius 1 is 1.05 bits per heavy atom. The summed E-state index contributed by atoms with van der Waals surface area (Å²) in [5.74, 6) is 0.433. The first-order valence-corrected chi connectivity index (χ1v) is 18.4. The molecule has 1 saturated carbocycles. The highest BCUT2D eigenvalue weighted by Crippen LogP contribution is 2.45. The van der Waals surface area contributed by atoms with E-state index in [1.54, 1.807) is 13.3 Å². The molecular weight excluding hydrogens is 571 g/mol. The van der Waals surface area contributed by atoms with E-state index in [-0.39, 0.29) is 23.0 Å². The van der Waals surface area contributed by atoms with E-state index < -0.39 is 30.7 Å². The van der Waals surface area contributed by atoms with Crippen molar-refractivity contribution in [2.75, 3.05) is 7.11 Å². The van der Waals surface area contributed by atoms with Gasteiger partial charge < -0.3 is 13.7 Å². The van der Waals surface area contributed by atoms with Crippen LogP contribution in [-0.2, 0) is 15.0 Å². The van der Waals surface area contributed by atoms with Gasteiger partial charge in [0, 0.05) is 11.3 Å². The van der Waals surface area contributed by atoms with Crippen LogP contribution in [0.25, 0.3) is 11.0 Å². The summed E-state index contributed by atoms with van der Waals surface area (Å²) in [5.41, 5.74) is 3.21. The van der Waals surface area contributed by atoms with Crippen LogP contribution < -0.4 is 10.1 Å². The smallest absolute Gasteiger partial charge is 0.412 e. The fourth-order valence-corrected chi connectivity index (χ4v) is 14.5. The van der Waals surface area contributed by atoms with Crippen LogP contribution >= 0.6 is 0 Å². The highest BCUT2D eigenvalue weighted by Gasteiger charge is 2.46. The lowest BCUT2D eigenvalue weighted by molar-refractivity contribution is -0.0201. The molecule has 0 saturated heterocycles. The number of hydrogen-bond donors (Lipinski definition) is 1. The van der Waals surface area contributed by atoms with Crippen molar-refractivity contribution in [1.82, 2.24) is 14.5 Å². The van der Waals surface area contributed by atoms with E-state index in [0.29, 0.717) is 59.1 Å². The number of alkyl carbamates (subject to hydrolysis) is 1. The zero-order chi connectivity index (χ0) is 31.6. The molecule has 2 aromatic heterocycles. The van der Waals surface area contributed by atoms with Crippen molar-refractivity contribution >= 4 is 46.9 Å². The number of fused-ring (bicyclic) bond motifs is 1. The lowest BCUT2D eigenvalue weighted by Crippen LogP contribution is -2.51. The molecule has 1 amide bonds. The van der Waals surface area contributed by atoms with Crippen LogP contribution in [0, 0.1) is 17.3 Å². The highest BCUT2D eigenvalue weighted by atomic mass is 32.2. The minimum atomic E-state index is -2.52. The molecule has 1 aliphatic rings. The van der Waals surface area contributed by atoms with Gasteiger partial charge in [-0.1, -0.05) is 62.3 Å². The standard InChI is InChI=1S/C31H49N3O6SSi/c1-19(2)42(20(3)4,21(5)6)34-16-15-24-26(25(39-10)17-32-29(24)34)27(35)22-11-13-23(14-12-22)28(31(7,8)9)40-30(36)33-18-41(37)38/h15-23,28H,11-14H2,1-10H3,(H,33,36). The van der Waals surface area contributed by atoms with E-state index in [2.05, 4.69) is 57.3 Å². The molecule has 3 rings (SSSR count). The molecule has 234 valence electrons. The average molecular weight is 620 g/mol. The SMILES string of the molecule is COc1cnc2c(ccn2[Si](C(C)C)(C(C)C)C(C)C)c1C(=O)C1CCC(C(OC(=O)NC=S(=O)=O)C(C)(C)C)CC1. The van der Waals surface area contributed by atoms with Gasteiger partial charge in [-0.15, -0.1) is 0 Å². The van der Waals surface area contributed by atoms with Crippen molar-refractivity contribution < 1.29 is 27.5 Å². The van der Waals surface area contributed by atoms with Gasteiger partial charge in [0.15, 0.2) is 14.0 Å². The topological polar surface area (TPSA) is 117 Å². The Balaban J connectivity index is 1.93. The largest absolute Gasteiger partial charge is 0.494 e. The van der Waals surface area contributed by atoms with Crippen LogP contribution in [0.5, 0.6) is 5.75 Å². The molecule has 2 aromatic rings. The van der Waals surface area contributed by atoms with Crippen LogP contribution in [0.2, 0.25) is 16.6 Å². The summed E-state index contributed by atoms with van der Waals surface area (Å²) in [6, 6.07) is 2.05. The molecule has 0 aromatic carbocycles. The summed E-state index contributed by atoms with van der Waals surface area (Å²) >= 11 is 0. The number of Topliss-reactive ketones (excluding diaryl/α,β-unsaturated/α-hetero) is 1. The minimum Gasteiger partial charge on any atom is -0.494 e. The Morgan fingerprint density at radius 2 is 1.62 bits per heavy atom. The van der Waals surface area contributed by atoms with E-state index in [9.17, 15) is 18.0 Å². The molecule has 9 nitrogen and oxygen atoms in total. The maximum absolute atomic E-state index is 14.2. The van der Waals surface area contributed by atoms with E-state index in [0.717, 1.165) is 11.0 Å². The lowest BCUT2D eigenvalue weighted by Gasteiger charge is -2.44. The molecule has 11 heteroatoms. The van der Waals surface area contributed by atoms with Gasteiger partial charge in [0.25, 0.3) is 0 Å². The van der Waals surface area contributed by atoms with Crippen molar-refractivity contribution in [1.29, 1.82) is 0 Å². The number of amides is 1. The first kappa shape index (κ1) is 33.8. The third-order valence-corrected chi connectivity index (χ3v) is 16.3. The minimum absolute atomic E-state index is 0.0488. The number of nitrogens with zero attached hydrogens (tertiary/aromatic N) is 2. The summed E-state index contributed by atoms with van der Waals surface area (Å²) in [6.07, 6.45) is 5.37. The Labute approximate surface area is 253 Å². The first-order valence-electron chi connectivity index (χ1n) is 15.0. The summed E-state index contributed by atoms with van der Waals surface area (Å²) in [5, 5.41) is 3.01. The fourth-order valence-electron chi connectivity index (χ4n) is 7.74. The number of hydrogen-bond acceptors (Lipinski definition) is 7. The maximum atomic E-state index is 14.2. The van der Waals surface area contributed by atoms with Gasteiger partial charge in [0.1, 0.15) is 23.0 Å². The van der Waals surface area contributed by atoms with Crippen LogP contribution in [0.15, 0.2) is 18.5 Å². The number of rotatable bonds is 10. The van der Waals surface area contributed by atoms with Gasteiger partial charge in [0.2, 0.25) is 10.3 Å². The Kier molecular flexibility index (Phi) is 10.7. The van der Waals surface area contributed by atoms with Crippen molar-refractivity contribution in [2.45, 2.75) is 111 Å². The second-order valence-corrected chi connectivity index (χ2v) is 20.1. The lowest BCUT2D eigenvalue weighted by atomic mass is 9.71. The summed E-state index contributed by atoms with van der Waals surface area (Å²) in [7, 11) is -3.02. The van der Waals surface area contributed by atoms with Crippen molar-refractivity contribution in [3.63, 3.8) is 0 Å². The number of ketones is 1. The third-order valence-electron chi connectivity index (χ3n) is 9.27. The number of carbonyl (C=O) groups excluding carboxylic acids is 2. The van der Waals surface area contributed by atoms with Gasteiger partial charge in [-0.2, -0.15) is 8.42 Å². The maximum Gasteiger partial charge on any atom is 0.412 e. The summed E-state index contributed by atoms with van der Waals surface area (Å²) in [6.45, 7) is 19.9. The number of methoxy groups -OCH3 is 1. The fraction of sp³-hybridized carbons (Fsp3) is 0.677. The van der Waals surface area contributed by atoms with Crippen LogP contribution in [0.3, 0.4) is 0 Å². The predicted molar refractivity (Wildman–Crippen MR) is 170 cm³/mol. The molecular formula is C31H49N3O6SSi. The van der Waals surface area contributed by atoms with Crippen molar-refractivity contribution in [3.05, 3.63) is 24.0 Å². The number of carbonyl (C=O) groups is 2. The number of ether oxygens (including phenoxy) is 2. The number of nitrogens with one attached hydrogen (secondary N) is 1.